The second-order valence-electron chi connectivity index (χ2n) is 3.49. The molecule has 0 saturated heterocycles. The predicted molar refractivity (Wildman–Crippen MR) is 54.4 cm³/mol. The molecule has 1 aromatic rings. The number of rotatable bonds is 1. The fourth-order valence-electron chi connectivity index (χ4n) is 1.84. The van der Waals surface area contributed by atoms with Crippen molar-refractivity contribution in [1.82, 2.24) is 0 Å². The van der Waals surface area contributed by atoms with Crippen LogP contribution in [-0.4, -0.2) is 19.7 Å². The second kappa shape index (κ2) is 4.00. The van der Waals surface area contributed by atoms with Gasteiger partial charge in [0.05, 0.1) is 31.9 Å². The third kappa shape index (κ3) is 1.73. The summed E-state index contributed by atoms with van der Waals surface area (Å²) in [5.74, 6) is -0.343. The molecule has 2 rings (SSSR count). The predicted octanol–water partition coefficient (Wildman–Crippen LogP) is 1.00. The van der Waals surface area contributed by atoms with E-state index in [1.54, 1.807) is 6.07 Å². The first-order chi connectivity index (χ1) is 7.24. The summed E-state index contributed by atoms with van der Waals surface area (Å²) in [4.78, 5) is 11.5. The van der Waals surface area contributed by atoms with Gasteiger partial charge in [0.2, 0.25) is 0 Å². The molecular formula is C11H13NO3. The van der Waals surface area contributed by atoms with Crippen LogP contribution in [0.4, 0.5) is 0 Å². The van der Waals surface area contributed by atoms with Gasteiger partial charge < -0.3 is 15.2 Å². The van der Waals surface area contributed by atoms with E-state index >= 15 is 0 Å². The monoisotopic (exact) mass is 207 g/mol. The van der Waals surface area contributed by atoms with Crippen molar-refractivity contribution in [2.75, 3.05) is 13.7 Å². The summed E-state index contributed by atoms with van der Waals surface area (Å²) < 4.78 is 10.0. The SMILES string of the molecule is COC(=O)c1cccc2c1[C@H](N)COC2. The lowest BCUT2D eigenvalue weighted by Crippen LogP contribution is -2.26. The minimum atomic E-state index is -0.343. The summed E-state index contributed by atoms with van der Waals surface area (Å²) in [6.07, 6.45) is 0. The highest BCUT2D eigenvalue weighted by atomic mass is 16.5. The first-order valence-corrected chi connectivity index (χ1v) is 4.77. The average molecular weight is 207 g/mol. The fraction of sp³-hybridized carbons (Fsp3) is 0.364. The number of benzene rings is 1. The Morgan fingerprint density at radius 1 is 1.60 bits per heavy atom. The van der Waals surface area contributed by atoms with Gasteiger partial charge in [-0.1, -0.05) is 12.1 Å². The lowest BCUT2D eigenvalue weighted by Gasteiger charge is -2.24. The van der Waals surface area contributed by atoms with Crippen LogP contribution >= 0.6 is 0 Å². The van der Waals surface area contributed by atoms with Crippen LogP contribution in [0.3, 0.4) is 0 Å². The molecule has 0 amide bonds. The van der Waals surface area contributed by atoms with Crippen LogP contribution in [0.1, 0.15) is 27.5 Å². The summed E-state index contributed by atoms with van der Waals surface area (Å²) in [5, 5.41) is 0. The van der Waals surface area contributed by atoms with Crippen LogP contribution in [0.15, 0.2) is 18.2 Å². The Hall–Kier alpha value is -1.39. The molecule has 2 N–H and O–H groups in total. The van der Waals surface area contributed by atoms with Crippen molar-refractivity contribution in [3.05, 3.63) is 34.9 Å². The highest BCUT2D eigenvalue weighted by Gasteiger charge is 2.23. The largest absolute Gasteiger partial charge is 0.465 e. The van der Waals surface area contributed by atoms with E-state index in [9.17, 15) is 4.79 Å². The molecule has 0 aliphatic carbocycles. The van der Waals surface area contributed by atoms with Crippen LogP contribution < -0.4 is 5.73 Å². The quantitative estimate of drug-likeness (QED) is 0.698. The summed E-state index contributed by atoms with van der Waals surface area (Å²) in [5.41, 5.74) is 8.28. The van der Waals surface area contributed by atoms with Gasteiger partial charge in [0, 0.05) is 0 Å². The molecule has 0 bridgehead atoms. The smallest absolute Gasteiger partial charge is 0.338 e. The molecule has 0 fully saturated rings. The van der Waals surface area contributed by atoms with Crippen molar-refractivity contribution >= 4 is 5.97 Å². The lowest BCUT2D eigenvalue weighted by molar-refractivity contribution is 0.0589. The highest BCUT2D eigenvalue weighted by Crippen LogP contribution is 2.26. The van der Waals surface area contributed by atoms with Crippen molar-refractivity contribution in [3.63, 3.8) is 0 Å². The zero-order valence-corrected chi connectivity index (χ0v) is 8.53. The Balaban J connectivity index is 2.51. The number of carbonyl (C=O) groups excluding carboxylic acids is 1. The third-order valence-electron chi connectivity index (χ3n) is 2.53. The summed E-state index contributed by atoms with van der Waals surface area (Å²) in [7, 11) is 1.37. The van der Waals surface area contributed by atoms with Gasteiger partial charge in [-0.25, -0.2) is 4.79 Å². The molecule has 1 aliphatic rings. The van der Waals surface area contributed by atoms with Gasteiger partial charge in [-0.15, -0.1) is 0 Å². The molecule has 1 aliphatic heterocycles. The maximum absolute atomic E-state index is 11.5. The fourth-order valence-corrected chi connectivity index (χ4v) is 1.84. The number of esters is 1. The standard InChI is InChI=1S/C11H13NO3/c1-14-11(13)8-4-2-3-7-5-15-6-9(12)10(7)8/h2-4,9H,5-6,12H2,1H3/t9-/m1/s1. The second-order valence-corrected chi connectivity index (χ2v) is 3.49. The number of carbonyl (C=O) groups is 1. The zero-order chi connectivity index (χ0) is 10.8. The van der Waals surface area contributed by atoms with Gasteiger partial charge in [0.1, 0.15) is 0 Å². The van der Waals surface area contributed by atoms with Gasteiger partial charge >= 0.3 is 5.97 Å². The average Bonchev–Trinajstić information content (AvgIpc) is 2.28. The van der Waals surface area contributed by atoms with Crippen LogP contribution in [-0.2, 0) is 16.1 Å². The van der Waals surface area contributed by atoms with Crippen molar-refractivity contribution in [3.8, 4) is 0 Å². The summed E-state index contributed by atoms with van der Waals surface area (Å²) >= 11 is 0. The minimum Gasteiger partial charge on any atom is -0.465 e. The van der Waals surface area contributed by atoms with Crippen molar-refractivity contribution in [2.45, 2.75) is 12.6 Å². The van der Waals surface area contributed by atoms with Crippen LogP contribution in [0.25, 0.3) is 0 Å². The van der Waals surface area contributed by atoms with Crippen LogP contribution in [0.2, 0.25) is 0 Å². The zero-order valence-electron chi connectivity index (χ0n) is 8.53. The third-order valence-corrected chi connectivity index (χ3v) is 2.53. The first kappa shape index (κ1) is 10.1. The van der Waals surface area contributed by atoms with E-state index in [-0.39, 0.29) is 12.0 Å². The van der Waals surface area contributed by atoms with Crippen molar-refractivity contribution < 1.29 is 14.3 Å². The number of hydrogen-bond acceptors (Lipinski definition) is 4. The number of ether oxygens (including phenoxy) is 2. The molecule has 0 saturated carbocycles. The van der Waals surface area contributed by atoms with E-state index in [0.29, 0.717) is 18.8 Å². The molecule has 15 heavy (non-hydrogen) atoms. The van der Waals surface area contributed by atoms with Gasteiger partial charge in [-0.05, 0) is 17.2 Å². The van der Waals surface area contributed by atoms with Gasteiger partial charge in [-0.3, -0.25) is 0 Å². The van der Waals surface area contributed by atoms with Crippen LogP contribution in [0, 0.1) is 0 Å². The number of hydrogen-bond donors (Lipinski definition) is 1. The maximum Gasteiger partial charge on any atom is 0.338 e. The molecule has 0 radical (unpaired) electrons. The van der Waals surface area contributed by atoms with E-state index in [1.807, 2.05) is 12.1 Å². The molecule has 0 unspecified atom stereocenters. The lowest BCUT2D eigenvalue weighted by atomic mass is 9.94. The van der Waals surface area contributed by atoms with E-state index in [1.165, 1.54) is 7.11 Å². The maximum atomic E-state index is 11.5. The molecule has 1 atom stereocenters. The van der Waals surface area contributed by atoms with E-state index < -0.39 is 0 Å². The Morgan fingerprint density at radius 3 is 3.13 bits per heavy atom. The van der Waals surface area contributed by atoms with Gasteiger partial charge in [0.25, 0.3) is 0 Å². The van der Waals surface area contributed by atoms with Gasteiger partial charge in [0.15, 0.2) is 0 Å². The van der Waals surface area contributed by atoms with Crippen molar-refractivity contribution in [2.24, 2.45) is 5.73 Å². The molecule has 4 nitrogen and oxygen atoms in total. The number of fused-ring (bicyclic) bond motifs is 1. The molecule has 1 aromatic carbocycles. The van der Waals surface area contributed by atoms with Gasteiger partial charge in [-0.2, -0.15) is 0 Å². The molecular weight excluding hydrogens is 194 g/mol. The van der Waals surface area contributed by atoms with E-state index in [2.05, 4.69) is 0 Å². The Labute approximate surface area is 88.0 Å². The normalized spacial score (nSPS) is 19.5. The minimum absolute atomic E-state index is 0.246. The topological polar surface area (TPSA) is 61.5 Å². The Morgan fingerprint density at radius 2 is 2.40 bits per heavy atom. The first-order valence-electron chi connectivity index (χ1n) is 4.77. The molecule has 4 heteroatoms. The molecule has 80 valence electrons. The number of nitrogens with two attached hydrogens (primary N) is 1. The van der Waals surface area contributed by atoms with E-state index in [4.69, 9.17) is 15.2 Å². The Kier molecular flexibility index (Phi) is 2.70. The highest BCUT2D eigenvalue weighted by molar-refractivity contribution is 5.91. The Bertz CT molecular complexity index is 389. The van der Waals surface area contributed by atoms with Crippen LogP contribution in [0.5, 0.6) is 0 Å². The summed E-state index contributed by atoms with van der Waals surface area (Å²) in [6.45, 7) is 0.953. The van der Waals surface area contributed by atoms with Crippen molar-refractivity contribution in [1.29, 1.82) is 0 Å². The number of methoxy groups -OCH3 is 1. The molecule has 0 spiro atoms. The molecule has 1 heterocycles. The molecule has 0 aromatic heterocycles. The summed E-state index contributed by atoms with van der Waals surface area (Å²) in [6, 6.07) is 5.22. The van der Waals surface area contributed by atoms with E-state index in [0.717, 1.165) is 11.1 Å².